The third-order valence-corrected chi connectivity index (χ3v) is 4.35. The Balaban J connectivity index is 0.00000182. The van der Waals surface area contributed by atoms with Gasteiger partial charge < -0.3 is 14.6 Å². The zero-order chi connectivity index (χ0) is 16.2. The molecule has 25 heavy (non-hydrogen) atoms. The average Bonchev–Trinajstić information content (AvgIpc) is 3.34. The molecule has 3 heterocycles. The molecule has 132 valence electrons. The molecular formula is C17H20ClN5O2. The lowest BCUT2D eigenvalue weighted by molar-refractivity contribution is 0.172. The Bertz CT molecular complexity index is 769. The van der Waals surface area contributed by atoms with Crippen LogP contribution >= 0.6 is 12.4 Å². The Morgan fingerprint density at radius 1 is 1.16 bits per heavy atom. The molecule has 1 N–H and O–H groups in total. The summed E-state index contributed by atoms with van der Waals surface area (Å²) in [7, 11) is 0. The first-order valence-corrected chi connectivity index (χ1v) is 8.09. The van der Waals surface area contributed by atoms with Gasteiger partial charge in [-0.25, -0.2) is 0 Å². The number of halogens is 1. The van der Waals surface area contributed by atoms with Gasteiger partial charge in [0.15, 0.2) is 6.61 Å². The quantitative estimate of drug-likeness (QED) is 0.751. The summed E-state index contributed by atoms with van der Waals surface area (Å²) in [6.45, 7) is 2.05. The molecule has 0 atom stereocenters. The van der Waals surface area contributed by atoms with Crippen LogP contribution in [0, 0.1) is 0 Å². The minimum Gasteiger partial charge on any atom is -0.485 e. The summed E-state index contributed by atoms with van der Waals surface area (Å²) < 4.78 is 13.2. The molecule has 3 aromatic rings. The number of hydrogen-bond donors (Lipinski definition) is 1. The summed E-state index contributed by atoms with van der Waals surface area (Å²) in [4.78, 5) is 4.59. The standard InChI is InChI=1S/C17H19N5O2.ClH/c1-2-5-14(6-3-1)23-13-15-20-16(24-21-15)17(7-10-18-11-8-17)22-12-4-9-19-22;/h1-6,9,12,18H,7-8,10-11,13H2;1H. The van der Waals surface area contributed by atoms with Gasteiger partial charge in [-0.2, -0.15) is 10.1 Å². The largest absolute Gasteiger partial charge is 0.485 e. The lowest BCUT2D eigenvalue weighted by atomic mass is 9.88. The number of benzene rings is 1. The third-order valence-electron chi connectivity index (χ3n) is 4.35. The van der Waals surface area contributed by atoms with Gasteiger partial charge in [0.2, 0.25) is 5.82 Å². The molecular weight excluding hydrogens is 342 g/mol. The minimum atomic E-state index is -0.382. The zero-order valence-corrected chi connectivity index (χ0v) is 14.5. The fraction of sp³-hybridized carbons (Fsp3) is 0.353. The lowest BCUT2D eigenvalue weighted by Crippen LogP contribution is -2.45. The monoisotopic (exact) mass is 361 g/mol. The average molecular weight is 362 g/mol. The molecule has 7 nitrogen and oxygen atoms in total. The van der Waals surface area contributed by atoms with Crippen LogP contribution in [0.2, 0.25) is 0 Å². The van der Waals surface area contributed by atoms with Crippen molar-refractivity contribution in [3.63, 3.8) is 0 Å². The number of piperidine rings is 1. The summed E-state index contributed by atoms with van der Waals surface area (Å²) in [6, 6.07) is 11.5. The normalized spacial score (nSPS) is 16.2. The maximum Gasteiger partial charge on any atom is 0.254 e. The summed E-state index contributed by atoms with van der Waals surface area (Å²) in [6.07, 6.45) is 5.45. The van der Waals surface area contributed by atoms with Gasteiger partial charge in [0.25, 0.3) is 5.89 Å². The Labute approximate surface area is 151 Å². The van der Waals surface area contributed by atoms with Crippen molar-refractivity contribution >= 4 is 12.4 Å². The van der Waals surface area contributed by atoms with Crippen molar-refractivity contribution in [2.24, 2.45) is 0 Å². The van der Waals surface area contributed by atoms with Crippen LogP contribution in [0.3, 0.4) is 0 Å². The van der Waals surface area contributed by atoms with Gasteiger partial charge in [-0.15, -0.1) is 12.4 Å². The van der Waals surface area contributed by atoms with E-state index in [0.717, 1.165) is 31.7 Å². The van der Waals surface area contributed by atoms with E-state index < -0.39 is 0 Å². The predicted octanol–water partition coefficient (Wildman–Crippen LogP) is 2.39. The van der Waals surface area contributed by atoms with E-state index in [4.69, 9.17) is 9.26 Å². The highest BCUT2D eigenvalue weighted by atomic mass is 35.5. The molecule has 0 unspecified atom stereocenters. The van der Waals surface area contributed by atoms with Crippen LogP contribution in [-0.4, -0.2) is 33.0 Å². The fourth-order valence-corrected chi connectivity index (χ4v) is 3.07. The van der Waals surface area contributed by atoms with Crippen molar-refractivity contribution in [3.05, 3.63) is 60.5 Å². The smallest absolute Gasteiger partial charge is 0.254 e. The molecule has 1 aliphatic rings. The third kappa shape index (κ3) is 3.52. The van der Waals surface area contributed by atoms with Crippen LogP contribution in [0.5, 0.6) is 5.75 Å². The minimum absolute atomic E-state index is 0. The van der Waals surface area contributed by atoms with Gasteiger partial charge >= 0.3 is 0 Å². The number of nitrogens with one attached hydrogen (secondary N) is 1. The zero-order valence-electron chi connectivity index (χ0n) is 13.7. The van der Waals surface area contributed by atoms with Gasteiger partial charge in [0.05, 0.1) is 0 Å². The highest BCUT2D eigenvalue weighted by Crippen LogP contribution is 2.33. The highest BCUT2D eigenvalue weighted by Gasteiger charge is 2.41. The summed E-state index contributed by atoms with van der Waals surface area (Å²) in [5, 5.41) is 11.9. The van der Waals surface area contributed by atoms with Gasteiger partial charge in [-0.05, 0) is 44.1 Å². The second kappa shape index (κ2) is 7.67. The van der Waals surface area contributed by atoms with Crippen LogP contribution in [-0.2, 0) is 12.1 Å². The molecule has 0 saturated carbocycles. The second-order valence-corrected chi connectivity index (χ2v) is 5.85. The van der Waals surface area contributed by atoms with Crippen LogP contribution in [0.4, 0.5) is 0 Å². The van der Waals surface area contributed by atoms with Crippen LogP contribution in [0.25, 0.3) is 0 Å². The number of hydrogen-bond acceptors (Lipinski definition) is 6. The first-order valence-electron chi connectivity index (χ1n) is 8.09. The maximum atomic E-state index is 5.70. The molecule has 4 rings (SSSR count). The Morgan fingerprint density at radius 3 is 2.68 bits per heavy atom. The molecule has 0 aliphatic carbocycles. The molecule has 8 heteroatoms. The Morgan fingerprint density at radius 2 is 1.96 bits per heavy atom. The van der Waals surface area contributed by atoms with Crippen molar-refractivity contribution in [2.75, 3.05) is 13.1 Å². The molecule has 1 aromatic carbocycles. The van der Waals surface area contributed by atoms with E-state index >= 15 is 0 Å². The van der Waals surface area contributed by atoms with E-state index in [0.29, 0.717) is 11.7 Å². The number of ether oxygens (including phenoxy) is 1. The van der Waals surface area contributed by atoms with Gasteiger partial charge in [-0.3, -0.25) is 4.68 Å². The first kappa shape index (κ1) is 17.4. The number of nitrogens with zero attached hydrogens (tertiary/aromatic N) is 4. The summed E-state index contributed by atoms with van der Waals surface area (Å²) in [5.74, 6) is 1.92. The van der Waals surface area contributed by atoms with E-state index in [1.54, 1.807) is 6.20 Å². The van der Waals surface area contributed by atoms with E-state index in [9.17, 15) is 0 Å². The summed E-state index contributed by atoms with van der Waals surface area (Å²) in [5.41, 5.74) is -0.382. The van der Waals surface area contributed by atoms with Gasteiger partial charge in [0.1, 0.15) is 11.3 Å². The molecule has 1 fully saturated rings. The number of aromatic nitrogens is 4. The van der Waals surface area contributed by atoms with Crippen LogP contribution in [0.15, 0.2) is 53.3 Å². The Hall–Kier alpha value is -2.38. The predicted molar refractivity (Wildman–Crippen MR) is 93.7 cm³/mol. The number of rotatable bonds is 5. The van der Waals surface area contributed by atoms with Gasteiger partial charge in [-0.1, -0.05) is 23.4 Å². The van der Waals surface area contributed by atoms with Crippen molar-refractivity contribution in [1.29, 1.82) is 0 Å². The van der Waals surface area contributed by atoms with Crippen molar-refractivity contribution < 1.29 is 9.26 Å². The second-order valence-electron chi connectivity index (χ2n) is 5.85. The molecule has 0 bridgehead atoms. The summed E-state index contributed by atoms with van der Waals surface area (Å²) >= 11 is 0. The topological polar surface area (TPSA) is 78.0 Å². The first-order chi connectivity index (χ1) is 11.9. The number of para-hydroxylation sites is 1. The van der Waals surface area contributed by atoms with Gasteiger partial charge in [0, 0.05) is 12.4 Å². The Kier molecular flexibility index (Phi) is 5.35. The maximum absolute atomic E-state index is 5.70. The lowest BCUT2D eigenvalue weighted by Gasteiger charge is -2.34. The molecule has 1 saturated heterocycles. The SMILES string of the molecule is Cl.c1ccc(OCc2noc(C3(n4cccn4)CCNCC3)n2)cc1. The molecule has 0 spiro atoms. The molecule has 0 radical (unpaired) electrons. The van der Waals surface area contributed by atoms with E-state index in [1.165, 1.54) is 0 Å². The fourth-order valence-electron chi connectivity index (χ4n) is 3.07. The molecule has 1 aliphatic heterocycles. The van der Waals surface area contributed by atoms with E-state index in [-0.39, 0.29) is 24.6 Å². The van der Waals surface area contributed by atoms with Crippen molar-refractivity contribution in [3.8, 4) is 5.75 Å². The van der Waals surface area contributed by atoms with Crippen molar-refractivity contribution in [1.82, 2.24) is 25.2 Å². The molecule has 2 aromatic heterocycles. The molecule has 0 amide bonds. The van der Waals surface area contributed by atoms with E-state index in [2.05, 4.69) is 20.6 Å². The highest BCUT2D eigenvalue weighted by molar-refractivity contribution is 5.85. The van der Waals surface area contributed by atoms with E-state index in [1.807, 2.05) is 47.3 Å². The van der Waals surface area contributed by atoms with Crippen LogP contribution in [0.1, 0.15) is 24.6 Å². The van der Waals surface area contributed by atoms with Crippen molar-refractivity contribution in [2.45, 2.75) is 25.0 Å². The van der Waals surface area contributed by atoms with Crippen LogP contribution < -0.4 is 10.1 Å².